The Morgan fingerprint density at radius 1 is 1.45 bits per heavy atom. The van der Waals surface area contributed by atoms with Gasteiger partial charge in [-0.15, -0.1) is 0 Å². The molecule has 1 N–H and O–H groups in total. The van der Waals surface area contributed by atoms with Crippen LogP contribution in [0.25, 0.3) is 0 Å². The fraction of sp³-hybridized carbons (Fsp3) is 0.154. The second kappa shape index (κ2) is 5.52. The van der Waals surface area contributed by atoms with Crippen LogP contribution in [0.1, 0.15) is 16.1 Å². The van der Waals surface area contributed by atoms with Crippen LogP contribution in [0.15, 0.2) is 36.5 Å². The number of carbonyl (C=O) groups is 1. The van der Waals surface area contributed by atoms with Gasteiger partial charge >= 0.3 is 0 Å². The van der Waals surface area contributed by atoms with E-state index in [4.69, 9.17) is 0 Å². The molecule has 0 aliphatic heterocycles. The van der Waals surface area contributed by atoms with E-state index in [0.29, 0.717) is 5.56 Å². The first-order chi connectivity index (χ1) is 9.49. The first-order valence-corrected chi connectivity index (χ1v) is 5.81. The largest absolute Gasteiger partial charge is 0.347 e. The average molecular weight is 277 g/mol. The van der Waals surface area contributed by atoms with Crippen molar-refractivity contribution < 1.29 is 14.1 Å². The molecule has 0 saturated carbocycles. The highest BCUT2D eigenvalue weighted by molar-refractivity contribution is 5.93. The standard InChI is InChI=1S/C13H12FN3O3/c1-16-8-10(17(19)20)6-12(16)13(18)15-7-9-4-2-3-5-11(9)14/h2-6,8H,7H2,1H3,(H,15,18). The van der Waals surface area contributed by atoms with E-state index >= 15 is 0 Å². The van der Waals surface area contributed by atoms with E-state index in [-0.39, 0.29) is 17.9 Å². The second-order valence-corrected chi connectivity index (χ2v) is 4.23. The number of carbonyl (C=O) groups excluding carboxylic acids is 1. The third-order valence-electron chi connectivity index (χ3n) is 2.83. The first kappa shape index (κ1) is 13.7. The van der Waals surface area contributed by atoms with Crippen LogP contribution >= 0.6 is 0 Å². The topological polar surface area (TPSA) is 77.2 Å². The molecule has 0 radical (unpaired) electrons. The maximum absolute atomic E-state index is 13.4. The summed E-state index contributed by atoms with van der Waals surface area (Å²) in [5.74, 6) is -0.908. The number of hydrogen-bond acceptors (Lipinski definition) is 3. The Hall–Kier alpha value is -2.70. The Balaban J connectivity index is 2.09. The third-order valence-corrected chi connectivity index (χ3v) is 2.83. The fourth-order valence-corrected chi connectivity index (χ4v) is 1.78. The summed E-state index contributed by atoms with van der Waals surface area (Å²) in [7, 11) is 1.53. The Morgan fingerprint density at radius 3 is 2.75 bits per heavy atom. The molecule has 2 aromatic rings. The molecule has 1 amide bonds. The van der Waals surface area contributed by atoms with Gasteiger partial charge in [0.15, 0.2) is 0 Å². The fourth-order valence-electron chi connectivity index (χ4n) is 1.78. The van der Waals surface area contributed by atoms with E-state index in [1.165, 1.54) is 29.9 Å². The number of rotatable bonds is 4. The Bertz CT molecular complexity index is 667. The van der Waals surface area contributed by atoms with Crippen molar-refractivity contribution in [1.82, 2.24) is 9.88 Å². The molecule has 20 heavy (non-hydrogen) atoms. The maximum Gasteiger partial charge on any atom is 0.287 e. The second-order valence-electron chi connectivity index (χ2n) is 4.23. The molecule has 0 aliphatic carbocycles. The van der Waals surface area contributed by atoms with Gasteiger partial charge in [0.05, 0.1) is 11.1 Å². The van der Waals surface area contributed by atoms with Gasteiger partial charge in [-0.2, -0.15) is 0 Å². The Morgan fingerprint density at radius 2 is 2.15 bits per heavy atom. The molecule has 0 fully saturated rings. The number of aryl methyl sites for hydroxylation is 1. The first-order valence-electron chi connectivity index (χ1n) is 5.81. The summed E-state index contributed by atoms with van der Waals surface area (Å²) >= 11 is 0. The van der Waals surface area contributed by atoms with Crippen LogP contribution in [-0.2, 0) is 13.6 Å². The highest BCUT2D eigenvalue weighted by Crippen LogP contribution is 2.15. The van der Waals surface area contributed by atoms with Gasteiger partial charge in [0.25, 0.3) is 11.6 Å². The number of nitrogens with zero attached hydrogens (tertiary/aromatic N) is 2. The molecule has 2 rings (SSSR count). The zero-order valence-electron chi connectivity index (χ0n) is 10.7. The maximum atomic E-state index is 13.4. The van der Waals surface area contributed by atoms with Gasteiger partial charge in [-0.05, 0) is 6.07 Å². The number of aromatic nitrogens is 1. The minimum atomic E-state index is -0.576. The predicted molar refractivity (Wildman–Crippen MR) is 69.6 cm³/mol. The minimum Gasteiger partial charge on any atom is -0.347 e. The molecule has 104 valence electrons. The van der Waals surface area contributed by atoms with E-state index in [9.17, 15) is 19.3 Å². The molecule has 0 bridgehead atoms. The molecule has 0 unspecified atom stereocenters. The van der Waals surface area contributed by atoms with Crippen molar-refractivity contribution >= 4 is 11.6 Å². The summed E-state index contributed by atoms with van der Waals surface area (Å²) in [5, 5.41) is 13.2. The monoisotopic (exact) mass is 277 g/mol. The lowest BCUT2D eigenvalue weighted by Crippen LogP contribution is -2.25. The van der Waals surface area contributed by atoms with Crippen LogP contribution in [0.4, 0.5) is 10.1 Å². The van der Waals surface area contributed by atoms with Gasteiger partial charge in [0, 0.05) is 25.2 Å². The van der Waals surface area contributed by atoms with E-state index in [2.05, 4.69) is 5.32 Å². The van der Waals surface area contributed by atoms with Crippen LogP contribution in [-0.4, -0.2) is 15.4 Å². The number of nitro groups is 1. The van der Waals surface area contributed by atoms with Crippen molar-refractivity contribution in [1.29, 1.82) is 0 Å². The van der Waals surface area contributed by atoms with E-state index in [1.807, 2.05) is 0 Å². The summed E-state index contributed by atoms with van der Waals surface area (Å²) < 4.78 is 14.7. The molecule has 0 saturated heterocycles. The van der Waals surface area contributed by atoms with Crippen LogP contribution in [0.5, 0.6) is 0 Å². The molecule has 0 aliphatic rings. The predicted octanol–water partition coefficient (Wildman–Crippen LogP) is 2.00. The van der Waals surface area contributed by atoms with Crippen LogP contribution in [0, 0.1) is 15.9 Å². The van der Waals surface area contributed by atoms with Gasteiger partial charge in [0.1, 0.15) is 11.5 Å². The zero-order valence-corrected chi connectivity index (χ0v) is 10.7. The van der Waals surface area contributed by atoms with Gasteiger partial charge in [0.2, 0.25) is 0 Å². The molecule has 1 aromatic heterocycles. The van der Waals surface area contributed by atoms with Crippen LogP contribution < -0.4 is 5.32 Å². The molecular weight excluding hydrogens is 265 g/mol. The smallest absolute Gasteiger partial charge is 0.287 e. The number of amides is 1. The molecule has 0 spiro atoms. The average Bonchev–Trinajstić information content (AvgIpc) is 2.80. The van der Waals surface area contributed by atoms with Crippen molar-refractivity contribution in [2.24, 2.45) is 7.05 Å². The summed E-state index contributed by atoms with van der Waals surface area (Å²) in [6.07, 6.45) is 1.25. The highest BCUT2D eigenvalue weighted by Gasteiger charge is 2.17. The van der Waals surface area contributed by atoms with Gasteiger partial charge in [-0.3, -0.25) is 14.9 Å². The lowest BCUT2D eigenvalue weighted by Gasteiger charge is -2.06. The zero-order chi connectivity index (χ0) is 14.7. The summed E-state index contributed by atoms with van der Waals surface area (Å²) in [6.45, 7) is 0.0183. The lowest BCUT2D eigenvalue weighted by molar-refractivity contribution is -0.384. The quantitative estimate of drug-likeness (QED) is 0.686. The molecular formula is C13H12FN3O3. The third kappa shape index (κ3) is 2.82. The van der Waals surface area contributed by atoms with Gasteiger partial charge in [-0.25, -0.2) is 4.39 Å². The van der Waals surface area contributed by atoms with Crippen molar-refractivity contribution in [2.75, 3.05) is 0 Å². The van der Waals surface area contributed by atoms with Crippen LogP contribution in [0.3, 0.4) is 0 Å². The normalized spacial score (nSPS) is 10.3. The molecule has 1 aromatic carbocycles. The number of hydrogen-bond donors (Lipinski definition) is 1. The van der Waals surface area contributed by atoms with E-state index in [0.717, 1.165) is 0 Å². The molecule has 6 nitrogen and oxygen atoms in total. The molecule has 7 heteroatoms. The van der Waals surface area contributed by atoms with Crippen molar-refractivity contribution in [2.45, 2.75) is 6.54 Å². The molecule has 0 atom stereocenters. The summed E-state index contributed by atoms with van der Waals surface area (Å²) in [6, 6.07) is 7.26. The Kier molecular flexibility index (Phi) is 3.79. The van der Waals surface area contributed by atoms with E-state index < -0.39 is 16.6 Å². The number of nitrogens with one attached hydrogen (secondary N) is 1. The number of benzene rings is 1. The van der Waals surface area contributed by atoms with Crippen molar-refractivity contribution in [3.8, 4) is 0 Å². The Labute approximate surface area is 114 Å². The minimum absolute atomic E-state index is 0.0183. The lowest BCUT2D eigenvalue weighted by atomic mass is 10.2. The highest BCUT2D eigenvalue weighted by atomic mass is 19.1. The summed E-state index contributed by atoms with van der Waals surface area (Å²) in [5.41, 5.74) is 0.334. The number of halogens is 1. The van der Waals surface area contributed by atoms with Crippen LogP contribution in [0.2, 0.25) is 0 Å². The van der Waals surface area contributed by atoms with Crippen molar-refractivity contribution in [3.05, 3.63) is 63.7 Å². The van der Waals surface area contributed by atoms with Gasteiger partial charge < -0.3 is 9.88 Å². The molecule has 1 heterocycles. The van der Waals surface area contributed by atoms with E-state index in [1.54, 1.807) is 18.2 Å². The SMILES string of the molecule is Cn1cc([N+](=O)[O-])cc1C(=O)NCc1ccccc1F. The summed E-state index contributed by atoms with van der Waals surface area (Å²) in [4.78, 5) is 22.0. The van der Waals surface area contributed by atoms with Gasteiger partial charge in [-0.1, -0.05) is 18.2 Å². The van der Waals surface area contributed by atoms with Crippen molar-refractivity contribution in [3.63, 3.8) is 0 Å².